The average Bonchev–Trinajstić information content (AvgIpc) is 3.02. The van der Waals surface area contributed by atoms with Gasteiger partial charge in [0.15, 0.2) is 5.65 Å². The molecule has 0 unspecified atom stereocenters. The van der Waals surface area contributed by atoms with Gasteiger partial charge in [0.1, 0.15) is 5.75 Å². The van der Waals surface area contributed by atoms with Crippen molar-refractivity contribution < 1.29 is 9.53 Å². The van der Waals surface area contributed by atoms with E-state index >= 15 is 0 Å². The number of methoxy groups -OCH3 is 1. The number of halogens is 1. The Labute approximate surface area is 160 Å². The molecule has 1 aromatic carbocycles. The van der Waals surface area contributed by atoms with Gasteiger partial charge in [-0.3, -0.25) is 4.79 Å². The molecule has 0 saturated carbocycles. The molecule has 26 heavy (non-hydrogen) atoms. The van der Waals surface area contributed by atoms with E-state index in [1.807, 2.05) is 35.9 Å². The molecule has 0 spiro atoms. The van der Waals surface area contributed by atoms with Crippen molar-refractivity contribution in [2.45, 2.75) is 33.4 Å². The van der Waals surface area contributed by atoms with E-state index in [-0.39, 0.29) is 11.9 Å². The first kappa shape index (κ1) is 18.4. The number of amides is 1. The van der Waals surface area contributed by atoms with Crippen LogP contribution in [0, 0.1) is 6.92 Å². The molecule has 2 aromatic heterocycles. The number of carbonyl (C=O) groups is 1. The second-order valence-electron chi connectivity index (χ2n) is 6.36. The minimum atomic E-state index is -0.170. The highest BCUT2D eigenvalue weighted by Crippen LogP contribution is 2.23. The van der Waals surface area contributed by atoms with E-state index < -0.39 is 0 Å². The molecule has 1 N–H and O–H groups in total. The molecule has 0 aliphatic carbocycles. The van der Waals surface area contributed by atoms with E-state index in [0.29, 0.717) is 17.8 Å². The highest BCUT2D eigenvalue weighted by molar-refractivity contribution is 9.10. The molecule has 0 aliphatic heterocycles. The molecular formula is C19H21BrN4O2. The number of aromatic nitrogens is 3. The second-order valence-corrected chi connectivity index (χ2v) is 7.27. The van der Waals surface area contributed by atoms with Gasteiger partial charge in [-0.15, -0.1) is 0 Å². The van der Waals surface area contributed by atoms with Crippen molar-refractivity contribution in [3.8, 4) is 5.75 Å². The Kier molecular flexibility index (Phi) is 5.27. The van der Waals surface area contributed by atoms with Crippen LogP contribution in [-0.4, -0.2) is 27.8 Å². The third kappa shape index (κ3) is 3.58. The van der Waals surface area contributed by atoms with E-state index in [0.717, 1.165) is 26.8 Å². The number of hydrogen-bond donors (Lipinski definition) is 1. The van der Waals surface area contributed by atoms with Gasteiger partial charge in [-0.25, -0.2) is 9.67 Å². The van der Waals surface area contributed by atoms with Crippen LogP contribution >= 0.6 is 15.9 Å². The smallest absolute Gasteiger partial charge is 0.253 e. The van der Waals surface area contributed by atoms with Gasteiger partial charge < -0.3 is 10.1 Å². The van der Waals surface area contributed by atoms with Crippen LogP contribution in [0.5, 0.6) is 5.75 Å². The summed E-state index contributed by atoms with van der Waals surface area (Å²) >= 11 is 3.44. The molecular weight excluding hydrogens is 396 g/mol. The topological polar surface area (TPSA) is 69.0 Å². The number of aryl methyl sites for hydroxylation is 1. The Hall–Kier alpha value is -2.41. The molecule has 2 heterocycles. The second kappa shape index (κ2) is 7.45. The van der Waals surface area contributed by atoms with Gasteiger partial charge in [0.05, 0.1) is 24.6 Å². The lowest BCUT2D eigenvalue weighted by Crippen LogP contribution is -2.24. The van der Waals surface area contributed by atoms with Crippen LogP contribution in [-0.2, 0) is 6.54 Å². The maximum Gasteiger partial charge on any atom is 0.253 e. The van der Waals surface area contributed by atoms with E-state index in [2.05, 4.69) is 45.2 Å². The fraction of sp³-hybridized carbons (Fsp3) is 0.316. The number of benzene rings is 1. The van der Waals surface area contributed by atoms with Crippen LogP contribution in [0.15, 0.2) is 34.9 Å². The molecule has 7 heteroatoms. The zero-order chi connectivity index (χ0) is 18.8. The first-order valence-corrected chi connectivity index (χ1v) is 9.15. The van der Waals surface area contributed by atoms with Crippen molar-refractivity contribution in [2.24, 2.45) is 0 Å². The number of rotatable bonds is 5. The van der Waals surface area contributed by atoms with Crippen LogP contribution in [0.2, 0.25) is 0 Å². The standard InChI is InChI=1S/C19H21BrN4O2/c1-11(2)24-18-14(10-22-24)8-16(12(3)23-18)19(25)21-9-13-7-15(20)5-6-17(13)26-4/h5-8,10-11H,9H2,1-4H3,(H,21,25). The normalized spacial score (nSPS) is 11.2. The molecule has 1 amide bonds. The maximum atomic E-state index is 12.7. The minimum Gasteiger partial charge on any atom is -0.496 e. The van der Waals surface area contributed by atoms with Gasteiger partial charge in [0, 0.05) is 28.0 Å². The summed E-state index contributed by atoms with van der Waals surface area (Å²) in [6, 6.07) is 7.75. The minimum absolute atomic E-state index is 0.170. The predicted molar refractivity (Wildman–Crippen MR) is 105 cm³/mol. The van der Waals surface area contributed by atoms with Crippen molar-refractivity contribution in [1.29, 1.82) is 0 Å². The summed E-state index contributed by atoms with van der Waals surface area (Å²) in [6.07, 6.45) is 1.75. The molecule has 0 aliphatic rings. The van der Waals surface area contributed by atoms with Gasteiger partial charge in [-0.1, -0.05) is 15.9 Å². The average molecular weight is 417 g/mol. The highest BCUT2D eigenvalue weighted by Gasteiger charge is 2.15. The summed E-state index contributed by atoms with van der Waals surface area (Å²) in [6.45, 7) is 6.31. The Bertz CT molecular complexity index is 966. The quantitative estimate of drug-likeness (QED) is 0.681. The predicted octanol–water partition coefficient (Wildman–Crippen LogP) is 4.02. The van der Waals surface area contributed by atoms with Gasteiger partial charge in [-0.2, -0.15) is 5.10 Å². The van der Waals surface area contributed by atoms with Crippen LogP contribution < -0.4 is 10.1 Å². The Morgan fingerprint density at radius 3 is 2.81 bits per heavy atom. The third-order valence-corrected chi connectivity index (χ3v) is 4.67. The lowest BCUT2D eigenvalue weighted by atomic mass is 10.1. The Morgan fingerprint density at radius 2 is 2.12 bits per heavy atom. The molecule has 6 nitrogen and oxygen atoms in total. The summed E-state index contributed by atoms with van der Waals surface area (Å²) in [5, 5.41) is 8.16. The largest absolute Gasteiger partial charge is 0.496 e. The molecule has 3 aromatic rings. The molecule has 0 saturated heterocycles. The van der Waals surface area contributed by atoms with Crippen molar-refractivity contribution >= 4 is 32.9 Å². The Balaban J connectivity index is 1.84. The van der Waals surface area contributed by atoms with E-state index in [1.165, 1.54) is 0 Å². The molecule has 0 radical (unpaired) electrons. The molecule has 0 fully saturated rings. The van der Waals surface area contributed by atoms with Gasteiger partial charge >= 0.3 is 0 Å². The first-order valence-electron chi connectivity index (χ1n) is 8.36. The molecule has 0 atom stereocenters. The van der Waals surface area contributed by atoms with Crippen molar-refractivity contribution in [2.75, 3.05) is 7.11 Å². The number of fused-ring (bicyclic) bond motifs is 1. The summed E-state index contributed by atoms with van der Waals surface area (Å²) in [4.78, 5) is 17.3. The summed E-state index contributed by atoms with van der Waals surface area (Å²) in [5.74, 6) is 0.563. The van der Waals surface area contributed by atoms with Gasteiger partial charge in [0.2, 0.25) is 0 Å². The number of nitrogens with zero attached hydrogens (tertiary/aromatic N) is 3. The maximum absolute atomic E-state index is 12.7. The zero-order valence-electron chi connectivity index (χ0n) is 15.2. The van der Waals surface area contributed by atoms with E-state index in [9.17, 15) is 4.79 Å². The third-order valence-electron chi connectivity index (χ3n) is 4.18. The molecule has 3 rings (SSSR count). The van der Waals surface area contributed by atoms with Crippen LogP contribution in [0.4, 0.5) is 0 Å². The molecule has 136 valence electrons. The summed E-state index contributed by atoms with van der Waals surface area (Å²) in [7, 11) is 1.61. The lowest BCUT2D eigenvalue weighted by molar-refractivity contribution is 0.0950. The highest BCUT2D eigenvalue weighted by atomic mass is 79.9. The van der Waals surface area contributed by atoms with Crippen LogP contribution in [0.1, 0.15) is 41.5 Å². The lowest BCUT2D eigenvalue weighted by Gasteiger charge is -2.12. The number of pyridine rings is 1. The number of hydrogen-bond acceptors (Lipinski definition) is 4. The first-order chi connectivity index (χ1) is 12.4. The van der Waals surface area contributed by atoms with Gasteiger partial charge in [-0.05, 0) is 45.0 Å². The fourth-order valence-electron chi connectivity index (χ4n) is 2.83. The molecule has 0 bridgehead atoms. The summed E-state index contributed by atoms with van der Waals surface area (Å²) < 4.78 is 8.14. The Morgan fingerprint density at radius 1 is 1.35 bits per heavy atom. The van der Waals surface area contributed by atoms with E-state index in [4.69, 9.17) is 4.74 Å². The van der Waals surface area contributed by atoms with Crippen molar-refractivity contribution in [1.82, 2.24) is 20.1 Å². The number of nitrogens with one attached hydrogen (secondary N) is 1. The van der Waals surface area contributed by atoms with Gasteiger partial charge in [0.25, 0.3) is 5.91 Å². The number of carbonyl (C=O) groups excluding carboxylic acids is 1. The monoisotopic (exact) mass is 416 g/mol. The van der Waals surface area contributed by atoms with Crippen molar-refractivity contribution in [3.63, 3.8) is 0 Å². The van der Waals surface area contributed by atoms with Crippen molar-refractivity contribution in [3.05, 3.63) is 51.8 Å². The van der Waals surface area contributed by atoms with E-state index in [1.54, 1.807) is 13.3 Å². The van der Waals surface area contributed by atoms with Crippen LogP contribution in [0.3, 0.4) is 0 Å². The summed E-state index contributed by atoms with van der Waals surface area (Å²) in [5.41, 5.74) is 2.92. The number of ether oxygens (including phenoxy) is 1. The fourth-order valence-corrected chi connectivity index (χ4v) is 3.24. The SMILES string of the molecule is COc1ccc(Br)cc1CNC(=O)c1cc2cnn(C(C)C)c2nc1C. The van der Waals surface area contributed by atoms with Crippen LogP contribution in [0.25, 0.3) is 11.0 Å². The zero-order valence-corrected chi connectivity index (χ0v) is 16.8.